The second-order valence-electron chi connectivity index (χ2n) is 9.31. The van der Waals surface area contributed by atoms with Crippen LogP contribution in [0, 0.1) is 11.3 Å². The van der Waals surface area contributed by atoms with E-state index < -0.39 is 14.8 Å². The van der Waals surface area contributed by atoms with Gasteiger partial charge in [-0.15, -0.1) is 0 Å². The molecule has 0 bridgehead atoms. The predicted octanol–water partition coefficient (Wildman–Crippen LogP) is 6.27. The van der Waals surface area contributed by atoms with Crippen molar-refractivity contribution in [1.82, 2.24) is 9.55 Å². The van der Waals surface area contributed by atoms with E-state index >= 15 is 0 Å². The third-order valence-electron chi connectivity index (χ3n) is 6.08. The molecule has 1 aliphatic carbocycles. The zero-order valence-electron chi connectivity index (χ0n) is 18.5. The number of hydrogen-bond donors (Lipinski definition) is 1. The molecule has 6 nitrogen and oxygen atoms in total. The normalized spacial score (nSPS) is 15.6. The van der Waals surface area contributed by atoms with Crippen LogP contribution < -0.4 is 4.72 Å². The van der Waals surface area contributed by atoms with Crippen LogP contribution in [0.15, 0.2) is 36.5 Å². The molecule has 1 saturated carbocycles. The Morgan fingerprint density at radius 1 is 1.16 bits per heavy atom. The number of sulfonamides is 1. The molecule has 168 valence electrons. The number of fused-ring (bicyclic) bond motifs is 1. The summed E-state index contributed by atoms with van der Waals surface area (Å²) in [4.78, 5) is 4.48. The van der Waals surface area contributed by atoms with Crippen LogP contribution in [-0.2, 0) is 10.0 Å². The van der Waals surface area contributed by atoms with E-state index in [0.717, 1.165) is 42.5 Å². The summed E-state index contributed by atoms with van der Waals surface area (Å²) in [7, 11) is -3.52. The van der Waals surface area contributed by atoms with E-state index in [-0.39, 0.29) is 6.04 Å². The maximum Gasteiger partial charge on any atom is 0.237 e. The van der Waals surface area contributed by atoms with E-state index in [4.69, 9.17) is 11.6 Å². The molecule has 1 aromatic carbocycles. The zero-order valence-corrected chi connectivity index (χ0v) is 20.1. The Labute approximate surface area is 194 Å². The maximum atomic E-state index is 12.5. The minimum atomic E-state index is -3.52. The number of pyridine rings is 1. The van der Waals surface area contributed by atoms with E-state index in [1.54, 1.807) is 39.1 Å². The third kappa shape index (κ3) is 4.10. The van der Waals surface area contributed by atoms with E-state index in [1.165, 1.54) is 6.42 Å². The first kappa shape index (κ1) is 22.6. The van der Waals surface area contributed by atoms with Gasteiger partial charge in [-0.1, -0.05) is 43.0 Å². The lowest BCUT2D eigenvalue weighted by Crippen LogP contribution is -2.33. The number of aromatic nitrogens is 2. The molecule has 1 N–H and O–H groups in total. The van der Waals surface area contributed by atoms with Crippen molar-refractivity contribution in [2.24, 2.45) is 0 Å². The van der Waals surface area contributed by atoms with Crippen molar-refractivity contribution in [3.05, 3.63) is 47.1 Å². The number of rotatable bonds is 4. The number of nitriles is 1. The highest BCUT2D eigenvalue weighted by Gasteiger charge is 2.29. The molecular formula is C24H27ClN4O2S. The largest absolute Gasteiger partial charge is 0.335 e. The van der Waals surface area contributed by atoms with Gasteiger partial charge in [-0.05, 0) is 57.4 Å². The SMILES string of the molecule is CC(C)(C)S(=O)(=O)Nc1ccc(-c2c(C#N)c3ncc(Cl)cc3n2C2CCCCC2)cc1. The molecule has 0 spiro atoms. The Hall–Kier alpha value is -2.56. The summed E-state index contributed by atoms with van der Waals surface area (Å²) in [5.74, 6) is 0. The maximum absolute atomic E-state index is 12.5. The van der Waals surface area contributed by atoms with Crippen molar-refractivity contribution in [3.63, 3.8) is 0 Å². The Morgan fingerprint density at radius 2 is 1.81 bits per heavy atom. The van der Waals surface area contributed by atoms with E-state index in [1.807, 2.05) is 18.2 Å². The van der Waals surface area contributed by atoms with Gasteiger partial charge in [0.2, 0.25) is 10.0 Å². The minimum Gasteiger partial charge on any atom is -0.335 e. The summed E-state index contributed by atoms with van der Waals surface area (Å²) in [6, 6.07) is 11.7. The monoisotopic (exact) mass is 470 g/mol. The average molecular weight is 471 g/mol. The number of nitrogens with one attached hydrogen (secondary N) is 1. The molecule has 0 aliphatic heterocycles. The minimum absolute atomic E-state index is 0.266. The van der Waals surface area contributed by atoms with Crippen LogP contribution in [0.1, 0.15) is 64.5 Å². The summed E-state index contributed by atoms with van der Waals surface area (Å²) >= 11 is 6.28. The quantitative estimate of drug-likeness (QED) is 0.486. The van der Waals surface area contributed by atoms with Crippen LogP contribution in [-0.4, -0.2) is 22.7 Å². The van der Waals surface area contributed by atoms with Gasteiger partial charge in [0.1, 0.15) is 17.1 Å². The molecule has 0 saturated heterocycles. The standard InChI is InChI=1S/C24H27ClN4O2S/c1-24(2,3)32(30,31)28-18-11-9-16(10-12-18)23-20(14-26)22-21(13-17(25)15-27-22)29(23)19-7-5-4-6-8-19/h9-13,15,19,28H,4-8H2,1-3H3. The Kier molecular flexibility index (Phi) is 5.95. The van der Waals surface area contributed by atoms with Crippen LogP contribution >= 0.6 is 11.6 Å². The molecule has 0 amide bonds. The van der Waals surface area contributed by atoms with Gasteiger partial charge in [0.15, 0.2) is 0 Å². The van der Waals surface area contributed by atoms with Crippen LogP contribution in [0.25, 0.3) is 22.3 Å². The fourth-order valence-corrected chi connectivity index (χ4v) is 5.17. The van der Waals surface area contributed by atoms with Gasteiger partial charge < -0.3 is 4.57 Å². The molecule has 4 rings (SSSR count). The van der Waals surface area contributed by atoms with Gasteiger partial charge in [-0.3, -0.25) is 9.71 Å². The molecule has 8 heteroatoms. The number of hydrogen-bond acceptors (Lipinski definition) is 4. The predicted molar refractivity (Wildman–Crippen MR) is 129 cm³/mol. The first-order valence-electron chi connectivity index (χ1n) is 10.8. The summed E-state index contributed by atoms with van der Waals surface area (Å²) < 4.78 is 29.0. The lowest BCUT2D eigenvalue weighted by Gasteiger charge is -2.26. The molecule has 2 aromatic heterocycles. The average Bonchev–Trinajstić information content (AvgIpc) is 3.07. The summed E-state index contributed by atoms with van der Waals surface area (Å²) in [5, 5.41) is 10.6. The first-order valence-corrected chi connectivity index (χ1v) is 12.7. The molecule has 32 heavy (non-hydrogen) atoms. The number of benzene rings is 1. The van der Waals surface area contributed by atoms with Crippen molar-refractivity contribution >= 4 is 38.3 Å². The van der Waals surface area contributed by atoms with E-state index in [0.29, 0.717) is 21.8 Å². The fourth-order valence-electron chi connectivity index (χ4n) is 4.27. The Balaban J connectivity index is 1.84. The van der Waals surface area contributed by atoms with Crippen molar-refractivity contribution in [2.75, 3.05) is 4.72 Å². The van der Waals surface area contributed by atoms with Gasteiger partial charge in [-0.2, -0.15) is 5.26 Å². The molecule has 3 aromatic rings. The van der Waals surface area contributed by atoms with Crippen molar-refractivity contribution < 1.29 is 8.42 Å². The molecule has 0 radical (unpaired) electrons. The molecule has 1 fully saturated rings. The highest BCUT2D eigenvalue weighted by atomic mass is 35.5. The second-order valence-corrected chi connectivity index (χ2v) is 12.2. The summed E-state index contributed by atoms with van der Waals surface area (Å²) in [5.41, 5.74) is 4.19. The summed E-state index contributed by atoms with van der Waals surface area (Å²) in [6.07, 6.45) is 7.16. The van der Waals surface area contributed by atoms with E-state index in [2.05, 4.69) is 20.3 Å². The molecule has 2 heterocycles. The lowest BCUT2D eigenvalue weighted by molar-refractivity contribution is 0.363. The third-order valence-corrected chi connectivity index (χ3v) is 8.40. The topological polar surface area (TPSA) is 87.8 Å². The van der Waals surface area contributed by atoms with Crippen molar-refractivity contribution in [2.45, 2.75) is 63.7 Å². The summed E-state index contributed by atoms with van der Waals surface area (Å²) in [6.45, 7) is 4.97. The van der Waals surface area contributed by atoms with Crippen LogP contribution in [0.3, 0.4) is 0 Å². The fraction of sp³-hybridized carbons (Fsp3) is 0.417. The van der Waals surface area contributed by atoms with Gasteiger partial charge in [-0.25, -0.2) is 8.42 Å². The van der Waals surface area contributed by atoms with Crippen molar-refractivity contribution in [1.29, 1.82) is 5.26 Å². The smallest absolute Gasteiger partial charge is 0.237 e. The number of halogens is 1. The molecule has 0 unspecified atom stereocenters. The van der Waals surface area contributed by atoms with Crippen LogP contribution in [0.2, 0.25) is 5.02 Å². The van der Waals surface area contributed by atoms with Crippen LogP contribution in [0.5, 0.6) is 0 Å². The zero-order chi connectivity index (χ0) is 23.1. The highest BCUT2D eigenvalue weighted by Crippen LogP contribution is 2.40. The molecular weight excluding hydrogens is 444 g/mol. The number of anilines is 1. The highest BCUT2D eigenvalue weighted by molar-refractivity contribution is 7.94. The first-order chi connectivity index (χ1) is 15.1. The Morgan fingerprint density at radius 3 is 2.41 bits per heavy atom. The van der Waals surface area contributed by atoms with E-state index in [9.17, 15) is 13.7 Å². The Bertz CT molecular complexity index is 1290. The van der Waals surface area contributed by atoms with Crippen LogP contribution in [0.4, 0.5) is 5.69 Å². The lowest BCUT2D eigenvalue weighted by atomic mass is 9.94. The van der Waals surface area contributed by atoms with Crippen molar-refractivity contribution in [3.8, 4) is 17.3 Å². The second kappa shape index (κ2) is 8.42. The molecule has 1 aliphatic rings. The van der Waals surface area contributed by atoms with Gasteiger partial charge in [0.05, 0.1) is 21.0 Å². The van der Waals surface area contributed by atoms with Gasteiger partial charge >= 0.3 is 0 Å². The molecule has 0 atom stereocenters. The number of nitrogens with zero attached hydrogens (tertiary/aromatic N) is 3. The van der Waals surface area contributed by atoms with Gasteiger partial charge in [0.25, 0.3) is 0 Å². The van der Waals surface area contributed by atoms with Gasteiger partial charge in [0, 0.05) is 17.9 Å².